The third-order valence-electron chi connectivity index (χ3n) is 2.30. The third kappa shape index (κ3) is 3.09. The van der Waals surface area contributed by atoms with Crippen LogP contribution in [0.15, 0.2) is 30.3 Å². The molecule has 1 heterocycles. The molecule has 94 valence electrons. The molecule has 0 bridgehead atoms. The molecule has 0 aliphatic rings. The maximum Gasteiger partial charge on any atom is 0.219 e. The first kappa shape index (κ1) is 12.6. The predicted octanol–water partition coefficient (Wildman–Crippen LogP) is 2.30. The molecule has 0 saturated carbocycles. The molecule has 0 atom stereocenters. The van der Waals surface area contributed by atoms with Crippen molar-refractivity contribution in [3.05, 3.63) is 46.7 Å². The van der Waals surface area contributed by atoms with E-state index in [1.165, 1.54) is 0 Å². The standard InChI is InChI=1S/C12H13ClN4O/c1-8-15-11(17-14)6-12(16-8)18-7-9-4-2-3-5-10(9)13/h2-6H,7,14H2,1H3,(H,15,16,17). The zero-order valence-electron chi connectivity index (χ0n) is 9.85. The van der Waals surface area contributed by atoms with Crippen LogP contribution in [0.25, 0.3) is 0 Å². The molecule has 3 N–H and O–H groups in total. The van der Waals surface area contributed by atoms with Gasteiger partial charge in [-0.3, -0.25) is 0 Å². The number of nitrogen functional groups attached to an aromatic ring is 1. The lowest BCUT2D eigenvalue weighted by Crippen LogP contribution is -2.10. The first-order valence-corrected chi connectivity index (χ1v) is 5.75. The number of hydrazine groups is 1. The summed E-state index contributed by atoms with van der Waals surface area (Å²) in [5, 5.41) is 0.667. The van der Waals surface area contributed by atoms with E-state index in [4.69, 9.17) is 22.2 Å². The lowest BCUT2D eigenvalue weighted by atomic mass is 10.2. The fraction of sp³-hybridized carbons (Fsp3) is 0.167. The number of benzene rings is 1. The second-order valence-corrected chi connectivity index (χ2v) is 4.07. The topological polar surface area (TPSA) is 73.1 Å². The number of nitrogens with one attached hydrogen (secondary N) is 1. The summed E-state index contributed by atoms with van der Waals surface area (Å²) < 4.78 is 5.57. The second kappa shape index (κ2) is 5.66. The Morgan fingerprint density at radius 2 is 2.11 bits per heavy atom. The predicted molar refractivity (Wildman–Crippen MR) is 70.4 cm³/mol. The number of rotatable bonds is 4. The summed E-state index contributed by atoms with van der Waals surface area (Å²) in [6.45, 7) is 2.11. The molecule has 0 saturated heterocycles. The molecule has 2 rings (SSSR count). The fourth-order valence-corrected chi connectivity index (χ4v) is 1.65. The van der Waals surface area contributed by atoms with Crippen LogP contribution in [0.4, 0.5) is 5.82 Å². The van der Waals surface area contributed by atoms with Crippen molar-refractivity contribution >= 4 is 17.4 Å². The number of aromatic nitrogens is 2. The molecule has 5 nitrogen and oxygen atoms in total. The van der Waals surface area contributed by atoms with Gasteiger partial charge in [-0.25, -0.2) is 10.8 Å². The molecular formula is C12H13ClN4O. The van der Waals surface area contributed by atoms with Crippen molar-refractivity contribution in [3.63, 3.8) is 0 Å². The zero-order chi connectivity index (χ0) is 13.0. The number of halogens is 1. The van der Waals surface area contributed by atoms with Gasteiger partial charge in [-0.05, 0) is 13.0 Å². The minimum Gasteiger partial charge on any atom is -0.473 e. The van der Waals surface area contributed by atoms with Crippen molar-refractivity contribution in [2.45, 2.75) is 13.5 Å². The summed E-state index contributed by atoms with van der Waals surface area (Å²) in [6, 6.07) is 9.13. The molecule has 18 heavy (non-hydrogen) atoms. The minimum absolute atomic E-state index is 0.347. The van der Waals surface area contributed by atoms with Crippen molar-refractivity contribution in [2.75, 3.05) is 5.43 Å². The first-order valence-electron chi connectivity index (χ1n) is 5.37. The summed E-state index contributed by atoms with van der Waals surface area (Å²) in [6.07, 6.45) is 0. The molecule has 2 aromatic rings. The lowest BCUT2D eigenvalue weighted by Gasteiger charge is -2.08. The van der Waals surface area contributed by atoms with E-state index >= 15 is 0 Å². The average Bonchev–Trinajstić information content (AvgIpc) is 2.37. The van der Waals surface area contributed by atoms with Crippen LogP contribution < -0.4 is 16.0 Å². The molecule has 0 aliphatic carbocycles. The van der Waals surface area contributed by atoms with E-state index in [-0.39, 0.29) is 0 Å². The van der Waals surface area contributed by atoms with Crippen LogP contribution in [-0.2, 0) is 6.61 Å². The van der Waals surface area contributed by atoms with Gasteiger partial charge in [-0.15, -0.1) is 0 Å². The van der Waals surface area contributed by atoms with Crippen LogP contribution in [0.3, 0.4) is 0 Å². The smallest absolute Gasteiger partial charge is 0.219 e. The van der Waals surface area contributed by atoms with Crippen LogP contribution in [0.2, 0.25) is 5.02 Å². The average molecular weight is 265 g/mol. The highest BCUT2D eigenvalue weighted by molar-refractivity contribution is 6.31. The number of anilines is 1. The summed E-state index contributed by atoms with van der Waals surface area (Å²) in [5.74, 6) is 6.85. The van der Waals surface area contributed by atoms with Crippen molar-refractivity contribution in [2.24, 2.45) is 5.84 Å². The Morgan fingerprint density at radius 1 is 1.33 bits per heavy atom. The molecule has 6 heteroatoms. The largest absolute Gasteiger partial charge is 0.473 e. The lowest BCUT2D eigenvalue weighted by molar-refractivity contribution is 0.293. The Morgan fingerprint density at radius 3 is 2.83 bits per heavy atom. The number of nitrogens with zero attached hydrogens (tertiary/aromatic N) is 2. The Kier molecular flexibility index (Phi) is 3.96. The van der Waals surface area contributed by atoms with E-state index in [9.17, 15) is 0 Å². The van der Waals surface area contributed by atoms with Crippen molar-refractivity contribution < 1.29 is 4.74 Å². The Hall–Kier alpha value is -1.85. The Bertz CT molecular complexity index is 547. The summed E-state index contributed by atoms with van der Waals surface area (Å²) >= 11 is 6.04. The highest BCUT2D eigenvalue weighted by Crippen LogP contribution is 2.18. The number of hydrogen-bond acceptors (Lipinski definition) is 5. The van der Waals surface area contributed by atoms with Crippen LogP contribution >= 0.6 is 11.6 Å². The molecular weight excluding hydrogens is 252 g/mol. The third-order valence-corrected chi connectivity index (χ3v) is 2.66. The molecule has 1 aromatic carbocycles. The van der Waals surface area contributed by atoms with Crippen LogP contribution in [0.1, 0.15) is 11.4 Å². The van der Waals surface area contributed by atoms with Gasteiger partial charge in [0.25, 0.3) is 0 Å². The van der Waals surface area contributed by atoms with Gasteiger partial charge in [0, 0.05) is 16.7 Å². The summed E-state index contributed by atoms with van der Waals surface area (Å²) in [4.78, 5) is 8.23. The van der Waals surface area contributed by atoms with Gasteiger partial charge in [0.2, 0.25) is 5.88 Å². The monoisotopic (exact) mass is 264 g/mol. The van der Waals surface area contributed by atoms with Crippen LogP contribution in [0, 0.1) is 6.92 Å². The number of ether oxygens (including phenoxy) is 1. The quantitative estimate of drug-likeness (QED) is 0.655. The van der Waals surface area contributed by atoms with Crippen LogP contribution in [-0.4, -0.2) is 9.97 Å². The zero-order valence-corrected chi connectivity index (χ0v) is 10.6. The van der Waals surface area contributed by atoms with E-state index in [1.807, 2.05) is 24.3 Å². The van der Waals surface area contributed by atoms with E-state index in [0.717, 1.165) is 5.56 Å². The summed E-state index contributed by atoms with van der Waals surface area (Å²) in [7, 11) is 0. The molecule has 0 aliphatic heterocycles. The Balaban J connectivity index is 2.11. The number of hydrogen-bond donors (Lipinski definition) is 2. The number of nitrogens with two attached hydrogens (primary N) is 1. The van der Waals surface area contributed by atoms with Crippen molar-refractivity contribution in [3.8, 4) is 5.88 Å². The van der Waals surface area contributed by atoms with Crippen molar-refractivity contribution in [1.82, 2.24) is 9.97 Å². The van der Waals surface area contributed by atoms with Gasteiger partial charge in [-0.1, -0.05) is 29.8 Å². The summed E-state index contributed by atoms with van der Waals surface area (Å²) in [5.41, 5.74) is 3.36. The first-order chi connectivity index (χ1) is 8.69. The number of aryl methyl sites for hydroxylation is 1. The van der Waals surface area contributed by atoms with Crippen LogP contribution in [0.5, 0.6) is 5.88 Å². The maximum atomic E-state index is 6.04. The molecule has 0 radical (unpaired) electrons. The van der Waals surface area contributed by atoms with Gasteiger partial charge in [-0.2, -0.15) is 4.98 Å². The normalized spacial score (nSPS) is 10.2. The van der Waals surface area contributed by atoms with E-state index in [2.05, 4.69) is 15.4 Å². The highest BCUT2D eigenvalue weighted by atomic mass is 35.5. The van der Waals surface area contributed by atoms with Gasteiger partial charge in [0.15, 0.2) is 0 Å². The van der Waals surface area contributed by atoms with Gasteiger partial charge >= 0.3 is 0 Å². The highest BCUT2D eigenvalue weighted by Gasteiger charge is 2.04. The van der Waals surface area contributed by atoms with Gasteiger partial charge in [0.1, 0.15) is 18.2 Å². The molecule has 1 aromatic heterocycles. The SMILES string of the molecule is Cc1nc(NN)cc(OCc2ccccc2Cl)n1. The molecule has 0 amide bonds. The molecule has 0 fully saturated rings. The Labute approximate surface area is 110 Å². The maximum absolute atomic E-state index is 6.04. The minimum atomic E-state index is 0.347. The molecule has 0 unspecified atom stereocenters. The van der Waals surface area contributed by atoms with Crippen molar-refractivity contribution in [1.29, 1.82) is 0 Å². The van der Waals surface area contributed by atoms with E-state index in [1.54, 1.807) is 13.0 Å². The van der Waals surface area contributed by atoms with E-state index < -0.39 is 0 Å². The second-order valence-electron chi connectivity index (χ2n) is 3.66. The van der Waals surface area contributed by atoms with Gasteiger partial charge in [0.05, 0.1) is 0 Å². The van der Waals surface area contributed by atoms with E-state index in [0.29, 0.717) is 29.2 Å². The van der Waals surface area contributed by atoms with Gasteiger partial charge < -0.3 is 10.2 Å². The fourth-order valence-electron chi connectivity index (χ4n) is 1.46. The molecule has 0 spiro atoms.